The summed E-state index contributed by atoms with van der Waals surface area (Å²) in [4.78, 5) is 12.0. The van der Waals surface area contributed by atoms with E-state index in [4.69, 9.17) is 5.73 Å². The second-order valence-electron chi connectivity index (χ2n) is 4.63. The van der Waals surface area contributed by atoms with Gasteiger partial charge in [-0.3, -0.25) is 4.79 Å². The summed E-state index contributed by atoms with van der Waals surface area (Å²) in [6, 6.07) is 7.28. The van der Waals surface area contributed by atoms with E-state index in [1.165, 1.54) is 12.8 Å². The van der Waals surface area contributed by atoms with Crippen LogP contribution in [-0.2, 0) is 4.79 Å². The maximum absolute atomic E-state index is 12.0. The summed E-state index contributed by atoms with van der Waals surface area (Å²) in [5, 5.41) is 2.95. The van der Waals surface area contributed by atoms with Crippen molar-refractivity contribution in [3.05, 3.63) is 24.3 Å². The Labute approximate surface area is 96.0 Å². The van der Waals surface area contributed by atoms with E-state index in [1.807, 2.05) is 12.1 Å². The molecule has 2 atom stereocenters. The Balaban J connectivity index is 1.99. The Morgan fingerprint density at radius 2 is 2.00 bits per heavy atom. The zero-order valence-electron chi connectivity index (χ0n) is 9.57. The Morgan fingerprint density at radius 1 is 1.31 bits per heavy atom. The number of rotatable bonds is 2. The number of carbonyl (C=O) groups excluding carboxylic acids is 1. The quantitative estimate of drug-likeness (QED) is 0.750. The largest absolute Gasteiger partial charge is 0.399 e. The lowest BCUT2D eigenvalue weighted by Gasteiger charge is -2.15. The van der Waals surface area contributed by atoms with Gasteiger partial charge < -0.3 is 11.1 Å². The first-order valence-corrected chi connectivity index (χ1v) is 5.83. The highest BCUT2D eigenvalue weighted by molar-refractivity contribution is 5.93. The topological polar surface area (TPSA) is 55.1 Å². The van der Waals surface area contributed by atoms with Crippen LogP contribution in [0.3, 0.4) is 0 Å². The fraction of sp³-hybridized carbons (Fsp3) is 0.462. The number of amides is 1. The third-order valence-corrected chi connectivity index (χ3v) is 3.38. The van der Waals surface area contributed by atoms with Crippen LogP contribution >= 0.6 is 0 Å². The molecular weight excluding hydrogens is 200 g/mol. The van der Waals surface area contributed by atoms with E-state index in [1.54, 1.807) is 12.1 Å². The number of nitrogens with one attached hydrogen (secondary N) is 1. The molecule has 3 N–H and O–H groups in total. The van der Waals surface area contributed by atoms with Crippen LogP contribution in [-0.4, -0.2) is 5.91 Å². The Morgan fingerprint density at radius 3 is 2.56 bits per heavy atom. The molecule has 2 rings (SSSR count). The number of hydrogen-bond donors (Lipinski definition) is 2. The zero-order valence-corrected chi connectivity index (χ0v) is 9.57. The standard InChI is InChI=1S/C13H18N2O/c1-9-3-2-4-12(9)13(16)15-11-7-5-10(14)6-8-11/h5-9,12H,2-4,14H2,1H3,(H,15,16). The lowest BCUT2D eigenvalue weighted by molar-refractivity contribution is -0.120. The van der Waals surface area contributed by atoms with Crippen LogP contribution in [0, 0.1) is 11.8 Å². The van der Waals surface area contributed by atoms with E-state index in [-0.39, 0.29) is 11.8 Å². The maximum Gasteiger partial charge on any atom is 0.227 e. The summed E-state index contributed by atoms with van der Waals surface area (Å²) in [7, 11) is 0. The summed E-state index contributed by atoms with van der Waals surface area (Å²) < 4.78 is 0. The van der Waals surface area contributed by atoms with Crippen molar-refractivity contribution in [1.29, 1.82) is 0 Å². The molecule has 3 nitrogen and oxygen atoms in total. The van der Waals surface area contributed by atoms with Gasteiger partial charge in [0.25, 0.3) is 0 Å². The summed E-state index contributed by atoms with van der Waals surface area (Å²) >= 11 is 0. The van der Waals surface area contributed by atoms with E-state index < -0.39 is 0 Å². The van der Waals surface area contributed by atoms with Gasteiger partial charge in [-0.15, -0.1) is 0 Å². The molecule has 16 heavy (non-hydrogen) atoms. The van der Waals surface area contributed by atoms with Crippen LogP contribution in [0.2, 0.25) is 0 Å². The average Bonchev–Trinajstić information content (AvgIpc) is 2.68. The monoisotopic (exact) mass is 218 g/mol. The lowest BCUT2D eigenvalue weighted by atomic mass is 9.97. The molecule has 1 saturated carbocycles. The molecule has 2 unspecified atom stereocenters. The molecule has 1 amide bonds. The maximum atomic E-state index is 12.0. The molecule has 3 heteroatoms. The molecule has 0 bridgehead atoms. The van der Waals surface area contributed by atoms with E-state index in [0.717, 1.165) is 12.1 Å². The molecule has 0 radical (unpaired) electrons. The summed E-state index contributed by atoms with van der Waals surface area (Å²) in [5.41, 5.74) is 7.14. The lowest BCUT2D eigenvalue weighted by Crippen LogP contribution is -2.24. The van der Waals surface area contributed by atoms with Crippen molar-refractivity contribution in [1.82, 2.24) is 0 Å². The number of nitrogen functional groups attached to an aromatic ring is 1. The van der Waals surface area contributed by atoms with Gasteiger partial charge in [-0.1, -0.05) is 13.3 Å². The van der Waals surface area contributed by atoms with Gasteiger partial charge in [0.15, 0.2) is 0 Å². The zero-order chi connectivity index (χ0) is 11.5. The average molecular weight is 218 g/mol. The second-order valence-corrected chi connectivity index (χ2v) is 4.63. The highest BCUT2D eigenvalue weighted by Gasteiger charge is 2.29. The van der Waals surface area contributed by atoms with E-state index >= 15 is 0 Å². The third-order valence-electron chi connectivity index (χ3n) is 3.38. The number of hydrogen-bond acceptors (Lipinski definition) is 2. The molecule has 0 saturated heterocycles. The second kappa shape index (κ2) is 4.56. The van der Waals surface area contributed by atoms with Crippen LogP contribution in [0.1, 0.15) is 26.2 Å². The molecule has 0 aromatic heterocycles. The number of carbonyl (C=O) groups is 1. The van der Waals surface area contributed by atoms with E-state index in [0.29, 0.717) is 11.6 Å². The van der Waals surface area contributed by atoms with Gasteiger partial charge in [0, 0.05) is 17.3 Å². The van der Waals surface area contributed by atoms with Crippen molar-refractivity contribution in [3.63, 3.8) is 0 Å². The predicted molar refractivity (Wildman–Crippen MR) is 66.0 cm³/mol. The van der Waals surface area contributed by atoms with Crippen molar-refractivity contribution >= 4 is 17.3 Å². The minimum Gasteiger partial charge on any atom is -0.399 e. The van der Waals surface area contributed by atoms with Crippen molar-refractivity contribution in [2.45, 2.75) is 26.2 Å². The van der Waals surface area contributed by atoms with Crippen LogP contribution in [0.25, 0.3) is 0 Å². The molecule has 1 aromatic carbocycles. The van der Waals surface area contributed by atoms with Crippen molar-refractivity contribution in [2.75, 3.05) is 11.1 Å². The Hall–Kier alpha value is -1.51. The molecule has 1 fully saturated rings. The molecule has 86 valence electrons. The molecule has 0 heterocycles. The van der Waals surface area contributed by atoms with Crippen LogP contribution in [0.4, 0.5) is 11.4 Å². The summed E-state index contributed by atoms with van der Waals surface area (Å²) in [5.74, 6) is 0.834. The smallest absolute Gasteiger partial charge is 0.227 e. The summed E-state index contributed by atoms with van der Waals surface area (Å²) in [6.07, 6.45) is 3.35. The normalized spacial score (nSPS) is 24.3. The summed E-state index contributed by atoms with van der Waals surface area (Å²) in [6.45, 7) is 2.15. The Bertz CT molecular complexity index is 372. The van der Waals surface area contributed by atoms with Gasteiger partial charge in [-0.25, -0.2) is 0 Å². The first-order valence-electron chi connectivity index (χ1n) is 5.83. The third kappa shape index (κ3) is 2.35. The van der Waals surface area contributed by atoms with Gasteiger partial charge >= 0.3 is 0 Å². The number of anilines is 2. The molecular formula is C13H18N2O. The number of nitrogens with two attached hydrogens (primary N) is 1. The molecule has 0 aliphatic heterocycles. The van der Waals surface area contributed by atoms with Crippen molar-refractivity contribution in [3.8, 4) is 0 Å². The molecule has 1 aliphatic rings. The molecule has 1 aliphatic carbocycles. The van der Waals surface area contributed by atoms with Gasteiger partial charge in [-0.05, 0) is 43.0 Å². The highest BCUT2D eigenvalue weighted by atomic mass is 16.1. The Kier molecular flexibility index (Phi) is 3.13. The first-order chi connectivity index (χ1) is 7.66. The highest BCUT2D eigenvalue weighted by Crippen LogP contribution is 2.32. The SMILES string of the molecule is CC1CCCC1C(=O)Nc1ccc(N)cc1. The van der Waals surface area contributed by atoms with Crippen molar-refractivity contribution < 1.29 is 4.79 Å². The fourth-order valence-corrected chi connectivity index (χ4v) is 2.34. The van der Waals surface area contributed by atoms with Gasteiger partial charge in [0.05, 0.1) is 0 Å². The predicted octanol–water partition coefficient (Wildman–Crippen LogP) is 2.64. The minimum absolute atomic E-state index is 0.148. The van der Waals surface area contributed by atoms with Crippen LogP contribution in [0.15, 0.2) is 24.3 Å². The first kappa shape index (κ1) is 11.0. The molecule has 1 aromatic rings. The minimum atomic E-state index is 0.148. The van der Waals surface area contributed by atoms with Crippen molar-refractivity contribution in [2.24, 2.45) is 11.8 Å². The van der Waals surface area contributed by atoms with Gasteiger partial charge in [0.1, 0.15) is 0 Å². The van der Waals surface area contributed by atoms with Gasteiger partial charge in [-0.2, -0.15) is 0 Å². The van der Waals surface area contributed by atoms with Gasteiger partial charge in [0.2, 0.25) is 5.91 Å². The van der Waals surface area contributed by atoms with Crippen LogP contribution in [0.5, 0.6) is 0 Å². The number of benzene rings is 1. The van der Waals surface area contributed by atoms with E-state index in [9.17, 15) is 4.79 Å². The van der Waals surface area contributed by atoms with Crippen LogP contribution < -0.4 is 11.1 Å². The fourth-order valence-electron chi connectivity index (χ4n) is 2.34. The van der Waals surface area contributed by atoms with E-state index in [2.05, 4.69) is 12.2 Å². The molecule has 0 spiro atoms.